The lowest BCUT2D eigenvalue weighted by Crippen LogP contribution is -2.26. The summed E-state index contributed by atoms with van der Waals surface area (Å²) in [7, 11) is 0. The number of aliphatic hydroxyl groups excluding tert-OH is 1. The van der Waals surface area contributed by atoms with E-state index in [2.05, 4.69) is 37.4 Å². The van der Waals surface area contributed by atoms with Crippen molar-refractivity contribution in [2.75, 3.05) is 13.2 Å². The van der Waals surface area contributed by atoms with Crippen molar-refractivity contribution in [3.63, 3.8) is 0 Å². The van der Waals surface area contributed by atoms with E-state index in [-0.39, 0.29) is 19.1 Å². The molecule has 0 atom stereocenters. The van der Waals surface area contributed by atoms with Crippen LogP contribution in [0.2, 0.25) is 0 Å². The van der Waals surface area contributed by atoms with Crippen molar-refractivity contribution in [3.8, 4) is 0 Å². The molecule has 2 aromatic carbocycles. The van der Waals surface area contributed by atoms with Crippen LogP contribution in [0.25, 0.3) is 0 Å². The third-order valence-electron chi connectivity index (χ3n) is 3.79. The van der Waals surface area contributed by atoms with Gasteiger partial charge < -0.3 is 10.4 Å². The number of hydrogen-bond donors (Lipinski definition) is 2. The van der Waals surface area contributed by atoms with Crippen LogP contribution in [-0.4, -0.2) is 24.2 Å². The molecule has 2 rings (SSSR count). The molecule has 0 aliphatic rings. The molecule has 2 N–H and O–H groups in total. The van der Waals surface area contributed by atoms with Crippen molar-refractivity contribution in [1.29, 1.82) is 0 Å². The standard InChI is InChI=1S/C19H23NO2/c1-14-3-7-17(15(2)13-14)8-4-16-5-9-18(10-6-16)19(22)20-11-12-21/h3,5-7,9-10,13,21H,4,8,11-12H2,1-2H3,(H,20,22). The Hall–Kier alpha value is -2.13. The Morgan fingerprint density at radius 3 is 2.41 bits per heavy atom. The number of benzene rings is 2. The van der Waals surface area contributed by atoms with Crippen LogP contribution in [0.1, 0.15) is 32.6 Å². The first-order valence-corrected chi connectivity index (χ1v) is 7.64. The smallest absolute Gasteiger partial charge is 0.251 e. The molecule has 0 saturated carbocycles. The van der Waals surface area contributed by atoms with Crippen LogP contribution in [0.5, 0.6) is 0 Å². The molecule has 0 spiro atoms. The molecule has 1 amide bonds. The number of rotatable bonds is 6. The van der Waals surface area contributed by atoms with E-state index < -0.39 is 0 Å². The molecule has 0 aromatic heterocycles. The van der Waals surface area contributed by atoms with Crippen molar-refractivity contribution in [1.82, 2.24) is 5.32 Å². The van der Waals surface area contributed by atoms with Crippen LogP contribution >= 0.6 is 0 Å². The molecule has 0 heterocycles. The molecular weight excluding hydrogens is 274 g/mol. The Morgan fingerprint density at radius 2 is 1.77 bits per heavy atom. The van der Waals surface area contributed by atoms with Gasteiger partial charge in [-0.05, 0) is 55.5 Å². The zero-order chi connectivity index (χ0) is 15.9. The fourth-order valence-electron chi connectivity index (χ4n) is 2.50. The van der Waals surface area contributed by atoms with E-state index in [1.54, 1.807) is 0 Å². The molecule has 0 saturated heterocycles. The van der Waals surface area contributed by atoms with Crippen molar-refractivity contribution in [2.45, 2.75) is 26.7 Å². The fourth-order valence-corrected chi connectivity index (χ4v) is 2.50. The highest BCUT2D eigenvalue weighted by atomic mass is 16.3. The van der Waals surface area contributed by atoms with Crippen LogP contribution in [0.4, 0.5) is 0 Å². The average molecular weight is 297 g/mol. The zero-order valence-corrected chi connectivity index (χ0v) is 13.2. The van der Waals surface area contributed by atoms with Crippen LogP contribution in [0.15, 0.2) is 42.5 Å². The molecule has 0 aliphatic heterocycles. The molecule has 116 valence electrons. The molecule has 0 fully saturated rings. The minimum atomic E-state index is -0.144. The molecule has 0 aliphatic carbocycles. The zero-order valence-electron chi connectivity index (χ0n) is 13.2. The van der Waals surface area contributed by atoms with E-state index in [0.29, 0.717) is 5.56 Å². The highest BCUT2D eigenvalue weighted by molar-refractivity contribution is 5.94. The van der Waals surface area contributed by atoms with Gasteiger partial charge in [0.2, 0.25) is 0 Å². The van der Waals surface area contributed by atoms with Crippen molar-refractivity contribution >= 4 is 5.91 Å². The number of carbonyl (C=O) groups is 1. The third kappa shape index (κ3) is 4.43. The van der Waals surface area contributed by atoms with Crippen LogP contribution in [0.3, 0.4) is 0 Å². The second-order valence-corrected chi connectivity index (χ2v) is 5.61. The molecule has 3 heteroatoms. The summed E-state index contributed by atoms with van der Waals surface area (Å²) in [5.41, 5.74) is 5.84. The van der Waals surface area contributed by atoms with E-state index in [1.807, 2.05) is 24.3 Å². The van der Waals surface area contributed by atoms with Gasteiger partial charge in [0.05, 0.1) is 6.61 Å². The lowest BCUT2D eigenvalue weighted by molar-refractivity contribution is 0.0945. The average Bonchev–Trinajstić information content (AvgIpc) is 2.52. The maximum atomic E-state index is 11.7. The third-order valence-corrected chi connectivity index (χ3v) is 3.79. The fraction of sp³-hybridized carbons (Fsp3) is 0.316. The van der Waals surface area contributed by atoms with E-state index in [1.165, 1.54) is 22.3 Å². The Bertz CT molecular complexity index is 632. The van der Waals surface area contributed by atoms with E-state index >= 15 is 0 Å². The molecule has 3 nitrogen and oxygen atoms in total. The highest BCUT2D eigenvalue weighted by Crippen LogP contribution is 2.14. The van der Waals surface area contributed by atoms with Gasteiger partial charge in [0.15, 0.2) is 0 Å². The van der Waals surface area contributed by atoms with Gasteiger partial charge >= 0.3 is 0 Å². The Morgan fingerprint density at radius 1 is 1.05 bits per heavy atom. The molecule has 2 aromatic rings. The summed E-state index contributed by atoms with van der Waals surface area (Å²) in [6.07, 6.45) is 1.96. The summed E-state index contributed by atoms with van der Waals surface area (Å²) in [6.45, 7) is 4.50. The van der Waals surface area contributed by atoms with Gasteiger partial charge in [-0.3, -0.25) is 4.79 Å². The second kappa shape index (κ2) is 7.76. The minimum Gasteiger partial charge on any atom is -0.395 e. The van der Waals surface area contributed by atoms with Gasteiger partial charge in [0, 0.05) is 12.1 Å². The number of hydrogen-bond acceptors (Lipinski definition) is 2. The molecule has 0 bridgehead atoms. The van der Waals surface area contributed by atoms with E-state index in [9.17, 15) is 4.79 Å². The minimum absolute atomic E-state index is 0.0419. The van der Waals surface area contributed by atoms with E-state index in [0.717, 1.165) is 12.8 Å². The Kier molecular flexibility index (Phi) is 5.73. The van der Waals surface area contributed by atoms with Gasteiger partial charge in [-0.2, -0.15) is 0 Å². The first kappa shape index (κ1) is 16.2. The topological polar surface area (TPSA) is 49.3 Å². The number of carbonyl (C=O) groups excluding carboxylic acids is 1. The highest BCUT2D eigenvalue weighted by Gasteiger charge is 2.05. The second-order valence-electron chi connectivity index (χ2n) is 5.61. The van der Waals surface area contributed by atoms with Gasteiger partial charge in [-0.25, -0.2) is 0 Å². The molecule has 22 heavy (non-hydrogen) atoms. The predicted octanol–water partition coefficient (Wildman–Crippen LogP) is 2.81. The van der Waals surface area contributed by atoms with Gasteiger partial charge in [0.1, 0.15) is 0 Å². The monoisotopic (exact) mass is 297 g/mol. The van der Waals surface area contributed by atoms with Crippen LogP contribution < -0.4 is 5.32 Å². The van der Waals surface area contributed by atoms with Crippen LogP contribution in [0, 0.1) is 13.8 Å². The normalized spacial score (nSPS) is 10.5. The quantitative estimate of drug-likeness (QED) is 0.861. The lowest BCUT2D eigenvalue weighted by atomic mass is 9.98. The Labute approximate surface area is 132 Å². The van der Waals surface area contributed by atoms with Crippen molar-refractivity contribution < 1.29 is 9.90 Å². The number of amides is 1. The number of aryl methyl sites for hydroxylation is 4. The molecule has 0 radical (unpaired) electrons. The van der Waals surface area contributed by atoms with Gasteiger partial charge in [-0.15, -0.1) is 0 Å². The Balaban J connectivity index is 1.95. The summed E-state index contributed by atoms with van der Waals surface area (Å²) < 4.78 is 0. The van der Waals surface area contributed by atoms with Crippen molar-refractivity contribution in [3.05, 3.63) is 70.3 Å². The number of aliphatic hydroxyl groups is 1. The molecular formula is C19H23NO2. The predicted molar refractivity (Wildman–Crippen MR) is 89.2 cm³/mol. The maximum Gasteiger partial charge on any atom is 0.251 e. The van der Waals surface area contributed by atoms with Gasteiger partial charge in [0.25, 0.3) is 5.91 Å². The van der Waals surface area contributed by atoms with Crippen molar-refractivity contribution in [2.24, 2.45) is 0 Å². The summed E-state index contributed by atoms with van der Waals surface area (Å²) in [6, 6.07) is 14.2. The van der Waals surface area contributed by atoms with Crippen LogP contribution in [-0.2, 0) is 12.8 Å². The largest absolute Gasteiger partial charge is 0.395 e. The lowest BCUT2D eigenvalue weighted by Gasteiger charge is -2.08. The van der Waals surface area contributed by atoms with E-state index in [4.69, 9.17) is 5.11 Å². The molecule has 0 unspecified atom stereocenters. The summed E-state index contributed by atoms with van der Waals surface area (Å²) in [5.74, 6) is -0.144. The maximum absolute atomic E-state index is 11.7. The SMILES string of the molecule is Cc1ccc(CCc2ccc(C(=O)NCCO)cc2)c(C)c1. The summed E-state index contributed by atoms with van der Waals surface area (Å²) >= 11 is 0. The van der Waals surface area contributed by atoms with Gasteiger partial charge in [-0.1, -0.05) is 35.9 Å². The number of nitrogens with one attached hydrogen (secondary N) is 1. The first-order valence-electron chi connectivity index (χ1n) is 7.64. The summed E-state index contributed by atoms with van der Waals surface area (Å²) in [5, 5.41) is 11.4. The summed E-state index contributed by atoms with van der Waals surface area (Å²) in [4.78, 5) is 11.7. The first-order chi connectivity index (χ1) is 10.6.